The first-order valence-electron chi connectivity index (χ1n) is 6.68. The summed E-state index contributed by atoms with van der Waals surface area (Å²) in [4.78, 5) is 17.0. The Balaban J connectivity index is 2.12. The highest BCUT2D eigenvalue weighted by Crippen LogP contribution is 2.33. The Morgan fingerprint density at radius 2 is 2.20 bits per heavy atom. The molecule has 20 heavy (non-hydrogen) atoms. The summed E-state index contributed by atoms with van der Waals surface area (Å²) in [5.74, 6) is 0. The molecular formula is C14H16N4O2. The van der Waals surface area contributed by atoms with Gasteiger partial charge >= 0.3 is 0 Å². The van der Waals surface area contributed by atoms with Gasteiger partial charge in [0.05, 0.1) is 10.3 Å². The number of anilines is 1. The van der Waals surface area contributed by atoms with Crippen molar-refractivity contribution in [3.63, 3.8) is 0 Å². The smallest absolute Gasteiger partial charge is 0.278 e. The molecule has 1 unspecified atom stereocenters. The number of hydrogen-bond donors (Lipinski definition) is 1. The van der Waals surface area contributed by atoms with E-state index in [1.54, 1.807) is 18.5 Å². The fourth-order valence-corrected chi connectivity index (χ4v) is 2.82. The van der Waals surface area contributed by atoms with Gasteiger partial charge in [0.25, 0.3) is 5.69 Å². The first-order chi connectivity index (χ1) is 9.66. The first-order valence-corrected chi connectivity index (χ1v) is 6.68. The van der Waals surface area contributed by atoms with Crippen molar-refractivity contribution in [2.45, 2.75) is 18.9 Å². The monoisotopic (exact) mass is 272 g/mol. The molecule has 0 radical (unpaired) electrons. The highest BCUT2D eigenvalue weighted by atomic mass is 16.6. The Morgan fingerprint density at radius 1 is 1.35 bits per heavy atom. The number of nitro groups is 1. The van der Waals surface area contributed by atoms with E-state index in [-0.39, 0.29) is 16.7 Å². The van der Waals surface area contributed by atoms with Crippen LogP contribution in [0.1, 0.15) is 12.8 Å². The lowest BCUT2D eigenvalue weighted by Gasteiger charge is -2.33. The average molecular weight is 272 g/mol. The van der Waals surface area contributed by atoms with Crippen LogP contribution in [0.25, 0.3) is 10.8 Å². The standard InChI is InChI=1S/C14H16N4O2/c15-10-2-1-7-17(9-10)13-3-4-14(18(19)20)12-8-16-6-5-11(12)13/h3-6,8,10H,1-2,7,9,15H2. The second-order valence-corrected chi connectivity index (χ2v) is 5.13. The van der Waals surface area contributed by atoms with Crippen molar-refractivity contribution in [3.05, 3.63) is 40.7 Å². The minimum atomic E-state index is -0.365. The molecule has 1 saturated heterocycles. The molecule has 0 spiro atoms. The molecule has 2 aromatic rings. The molecule has 2 heterocycles. The molecule has 1 aromatic heterocycles. The third-order valence-electron chi connectivity index (χ3n) is 3.77. The Morgan fingerprint density at radius 3 is 2.95 bits per heavy atom. The topological polar surface area (TPSA) is 85.3 Å². The van der Waals surface area contributed by atoms with Crippen molar-refractivity contribution in [2.75, 3.05) is 18.0 Å². The predicted octanol–water partition coefficient (Wildman–Crippen LogP) is 2.07. The SMILES string of the molecule is NC1CCCN(c2ccc([N+](=O)[O-])c3cnccc23)C1. The Kier molecular flexibility index (Phi) is 3.23. The van der Waals surface area contributed by atoms with Gasteiger partial charge in [-0.05, 0) is 25.0 Å². The largest absolute Gasteiger partial charge is 0.369 e. The van der Waals surface area contributed by atoms with Crippen molar-refractivity contribution in [3.8, 4) is 0 Å². The van der Waals surface area contributed by atoms with Gasteiger partial charge in [-0.15, -0.1) is 0 Å². The molecule has 1 atom stereocenters. The number of hydrogen-bond acceptors (Lipinski definition) is 5. The summed E-state index contributed by atoms with van der Waals surface area (Å²) in [7, 11) is 0. The van der Waals surface area contributed by atoms with E-state index in [2.05, 4.69) is 9.88 Å². The average Bonchev–Trinajstić information content (AvgIpc) is 2.46. The van der Waals surface area contributed by atoms with E-state index >= 15 is 0 Å². The molecule has 1 aliphatic rings. The minimum Gasteiger partial charge on any atom is -0.369 e. The number of pyridine rings is 1. The van der Waals surface area contributed by atoms with Gasteiger partial charge in [0, 0.05) is 48.7 Å². The second-order valence-electron chi connectivity index (χ2n) is 5.13. The number of non-ortho nitro benzene ring substituents is 1. The van der Waals surface area contributed by atoms with E-state index < -0.39 is 0 Å². The summed E-state index contributed by atoms with van der Waals surface area (Å²) in [6.07, 6.45) is 5.30. The Labute approximate surface area is 116 Å². The second kappa shape index (κ2) is 5.05. The number of nitrogens with two attached hydrogens (primary N) is 1. The molecule has 3 rings (SSSR count). The summed E-state index contributed by atoms with van der Waals surface area (Å²) in [6.45, 7) is 1.72. The minimum absolute atomic E-state index is 0.0955. The number of aromatic nitrogens is 1. The number of fused-ring (bicyclic) bond motifs is 1. The maximum atomic E-state index is 11.1. The van der Waals surface area contributed by atoms with E-state index in [1.807, 2.05) is 12.1 Å². The number of rotatable bonds is 2. The molecule has 0 amide bonds. The zero-order valence-corrected chi connectivity index (χ0v) is 11.0. The van der Waals surface area contributed by atoms with E-state index in [1.165, 1.54) is 0 Å². The summed E-state index contributed by atoms with van der Waals surface area (Å²) in [6, 6.07) is 5.37. The molecule has 2 N–H and O–H groups in total. The first kappa shape index (κ1) is 12.8. The van der Waals surface area contributed by atoms with Gasteiger partial charge in [-0.3, -0.25) is 15.1 Å². The quantitative estimate of drug-likeness (QED) is 0.668. The predicted molar refractivity (Wildman–Crippen MR) is 77.8 cm³/mol. The number of benzene rings is 1. The molecule has 0 saturated carbocycles. The van der Waals surface area contributed by atoms with Gasteiger partial charge in [0.15, 0.2) is 0 Å². The lowest BCUT2D eigenvalue weighted by molar-refractivity contribution is -0.383. The van der Waals surface area contributed by atoms with Crippen molar-refractivity contribution in [1.82, 2.24) is 4.98 Å². The number of piperidine rings is 1. The van der Waals surface area contributed by atoms with Crippen LogP contribution in [0.15, 0.2) is 30.6 Å². The normalized spacial score (nSPS) is 19.2. The van der Waals surface area contributed by atoms with Crippen LogP contribution in [-0.2, 0) is 0 Å². The van der Waals surface area contributed by atoms with Gasteiger partial charge in [-0.25, -0.2) is 0 Å². The van der Waals surface area contributed by atoms with Crippen LogP contribution in [-0.4, -0.2) is 29.0 Å². The molecule has 1 aliphatic heterocycles. The van der Waals surface area contributed by atoms with Crippen LogP contribution in [0.4, 0.5) is 11.4 Å². The van der Waals surface area contributed by atoms with Crippen molar-refractivity contribution in [2.24, 2.45) is 5.73 Å². The summed E-state index contributed by atoms with van der Waals surface area (Å²) < 4.78 is 0. The van der Waals surface area contributed by atoms with Gasteiger partial charge < -0.3 is 10.6 Å². The zero-order chi connectivity index (χ0) is 14.1. The number of nitro benzene ring substituents is 1. The molecule has 0 aliphatic carbocycles. The van der Waals surface area contributed by atoms with Crippen molar-refractivity contribution < 1.29 is 4.92 Å². The van der Waals surface area contributed by atoms with Crippen molar-refractivity contribution >= 4 is 22.1 Å². The molecule has 6 heteroatoms. The summed E-state index contributed by atoms with van der Waals surface area (Å²) in [5, 5.41) is 12.5. The fraction of sp³-hybridized carbons (Fsp3) is 0.357. The van der Waals surface area contributed by atoms with Crippen LogP contribution in [0.3, 0.4) is 0 Å². The van der Waals surface area contributed by atoms with Crippen molar-refractivity contribution in [1.29, 1.82) is 0 Å². The Hall–Kier alpha value is -2.21. The maximum Gasteiger partial charge on any atom is 0.278 e. The lowest BCUT2D eigenvalue weighted by Crippen LogP contribution is -2.42. The van der Waals surface area contributed by atoms with Gasteiger partial charge in [0.2, 0.25) is 0 Å². The highest BCUT2D eigenvalue weighted by molar-refractivity contribution is 5.99. The molecule has 1 aromatic carbocycles. The Bertz CT molecular complexity index is 659. The highest BCUT2D eigenvalue weighted by Gasteiger charge is 2.21. The third-order valence-corrected chi connectivity index (χ3v) is 3.77. The maximum absolute atomic E-state index is 11.1. The zero-order valence-electron chi connectivity index (χ0n) is 11.0. The summed E-state index contributed by atoms with van der Waals surface area (Å²) in [5.41, 5.74) is 7.12. The van der Waals surface area contributed by atoms with Gasteiger partial charge in [-0.2, -0.15) is 0 Å². The molecule has 1 fully saturated rings. The van der Waals surface area contributed by atoms with E-state index in [0.29, 0.717) is 5.39 Å². The molecule has 104 valence electrons. The molecular weight excluding hydrogens is 256 g/mol. The van der Waals surface area contributed by atoms with E-state index in [9.17, 15) is 10.1 Å². The summed E-state index contributed by atoms with van der Waals surface area (Å²) >= 11 is 0. The van der Waals surface area contributed by atoms with Gasteiger partial charge in [-0.1, -0.05) is 0 Å². The van der Waals surface area contributed by atoms with Crippen LogP contribution >= 0.6 is 0 Å². The number of nitrogens with zero attached hydrogens (tertiary/aromatic N) is 3. The van der Waals surface area contributed by atoms with Gasteiger partial charge in [0.1, 0.15) is 0 Å². The molecule has 6 nitrogen and oxygen atoms in total. The van der Waals surface area contributed by atoms with Crippen LogP contribution < -0.4 is 10.6 Å². The fourth-order valence-electron chi connectivity index (χ4n) is 2.82. The van der Waals surface area contributed by atoms with Crippen LogP contribution in [0.2, 0.25) is 0 Å². The van der Waals surface area contributed by atoms with Crippen LogP contribution in [0.5, 0.6) is 0 Å². The van der Waals surface area contributed by atoms with E-state index in [0.717, 1.165) is 37.0 Å². The molecule has 0 bridgehead atoms. The van der Waals surface area contributed by atoms with E-state index in [4.69, 9.17) is 5.73 Å². The van der Waals surface area contributed by atoms with Crippen LogP contribution in [0, 0.1) is 10.1 Å². The third kappa shape index (κ3) is 2.18. The lowest BCUT2D eigenvalue weighted by atomic mass is 10.0.